The molecule has 0 unspecified atom stereocenters. The van der Waals surface area contributed by atoms with E-state index in [-0.39, 0.29) is 48.8 Å². The average Bonchev–Trinajstić information content (AvgIpc) is 3.79. The zero-order valence-corrected chi connectivity index (χ0v) is 34.5. The Balaban J connectivity index is 0.874. The van der Waals surface area contributed by atoms with Crippen LogP contribution in [-0.2, 0) is 47.5 Å². The Labute approximate surface area is 349 Å². The normalized spacial score (nSPS) is 53.1. The van der Waals surface area contributed by atoms with Crippen LogP contribution in [0, 0.1) is 34.5 Å². The molecule has 0 aromatic heterocycles. The fourth-order valence-corrected chi connectivity index (χ4v) is 13.0. The molecule has 0 bridgehead atoms. The first-order valence-electron chi connectivity index (χ1n) is 21.8. The van der Waals surface area contributed by atoms with Crippen LogP contribution in [0.25, 0.3) is 0 Å². The summed E-state index contributed by atoms with van der Waals surface area (Å²) in [7, 11) is 1.51. The van der Waals surface area contributed by atoms with Crippen molar-refractivity contribution < 1.29 is 88.3 Å². The number of aliphatic hydroxyl groups excluding tert-OH is 7. The fourth-order valence-electron chi connectivity index (χ4n) is 13.0. The van der Waals surface area contributed by atoms with Crippen LogP contribution in [0.2, 0.25) is 0 Å². The molecule has 8 aliphatic rings. The zero-order valence-electron chi connectivity index (χ0n) is 34.5. The van der Waals surface area contributed by atoms with Crippen LogP contribution in [0.15, 0.2) is 11.6 Å². The molecule has 4 aliphatic carbocycles. The Morgan fingerprint density at radius 3 is 2.15 bits per heavy atom. The predicted octanol–water partition coefficient (Wildman–Crippen LogP) is -1.03. The van der Waals surface area contributed by atoms with Crippen LogP contribution < -0.4 is 0 Å². The number of carbonyl (C=O) groups is 2. The van der Waals surface area contributed by atoms with Crippen molar-refractivity contribution in [2.45, 2.75) is 176 Å². The van der Waals surface area contributed by atoms with Gasteiger partial charge in [0.2, 0.25) is 0 Å². The molecule has 4 saturated carbocycles. The molecule has 60 heavy (non-hydrogen) atoms. The third-order valence-corrected chi connectivity index (χ3v) is 16.2. The van der Waals surface area contributed by atoms with Gasteiger partial charge in [-0.2, -0.15) is 0 Å². The lowest BCUT2D eigenvalue weighted by molar-refractivity contribution is -0.373. The van der Waals surface area contributed by atoms with Crippen LogP contribution in [0.3, 0.4) is 0 Å². The number of carbonyl (C=O) groups excluding carboxylic acids is 2. The molecular formula is C42H64O18. The summed E-state index contributed by atoms with van der Waals surface area (Å²) < 4.78 is 47.1. The lowest BCUT2D eigenvalue weighted by Gasteiger charge is -2.63. The van der Waals surface area contributed by atoms with E-state index in [1.165, 1.54) is 13.4 Å². The third-order valence-electron chi connectivity index (χ3n) is 16.2. The van der Waals surface area contributed by atoms with E-state index in [1.807, 2.05) is 0 Å². The first-order chi connectivity index (χ1) is 28.6. The molecule has 0 radical (unpaired) electrons. The van der Waals surface area contributed by atoms with Gasteiger partial charge in [-0.15, -0.1) is 0 Å². The van der Waals surface area contributed by atoms with Crippen LogP contribution in [0.5, 0.6) is 0 Å². The SMILES string of the molecule is CO[C@@H]1C[C@H](O[C@H]2CC[C@@]3(C=O)[C@H](CC[C@@H]4[C@H]3CC[C@]3(C)[C@@H](C5=CC(=O)OC5)CC[C@]43O)C2)O[C@H](C)[C@H]1O[C@@H]1O[C@H](CO)[C@@H](O[C@@H]2O[C@H](CO)[C@@H](O)[C@H](O)[C@H]2O)[C@H](O)[C@H]1O. The lowest BCUT2D eigenvalue weighted by atomic mass is 9.43. The summed E-state index contributed by atoms with van der Waals surface area (Å²) in [5.74, 6) is -0.110. The first kappa shape index (κ1) is 44.9. The summed E-state index contributed by atoms with van der Waals surface area (Å²) in [6.07, 6.45) is -9.10. The Hall–Kier alpha value is -1.72. The molecule has 18 heteroatoms. The van der Waals surface area contributed by atoms with Gasteiger partial charge in [0.15, 0.2) is 18.9 Å². The number of cyclic esters (lactones) is 1. The molecule has 22 atom stereocenters. The average molecular weight is 857 g/mol. The van der Waals surface area contributed by atoms with E-state index < -0.39 is 116 Å². The number of aldehydes is 1. The van der Waals surface area contributed by atoms with E-state index in [0.717, 1.165) is 37.7 Å². The number of aliphatic hydroxyl groups is 8. The van der Waals surface area contributed by atoms with Gasteiger partial charge < -0.3 is 83.5 Å². The summed E-state index contributed by atoms with van der Waals surface area (Å²) in [4.78, 5) is 25.2. The quantitative estimate of drug-likeness (QED) is 0.0701. The maximum atomic E-state index is 13.3. The van der Waals surface area contributed by atoms with Crippen LogP contribution in [-0.4, -0.2) is 178 Å². The van der Waals surface area contributed by atoms with Gasteiger partial charge in [-0.3, -0.25) is 0 Å². The Bertz CT molecular complexity index is 1580. The monoisotopic (exact) mass is 856 g/mol. The molecule has 18 nitrogen and oxygen atoms in total. The summed E-state index contributed by atoms with van der Waals surface area (Å²) in [6.45, 7) is 2.80. The molecule has 0 aromatic rings. The van der Waals surface area contributed by atoms with Crippen molar-refractivity contribution in [3.8, 4) is 0 Å². The molecule has 0 spiro atoms. The van der Waals surface area contributed by atoms with Gasteiger partial charge in [0.1, 0.15) is 67.8 Å². The Morgan fingerprint density at radius 1 is 0.783 bits per heavy atom. The highest BCUT2D eigenvalue weighted by molar-refractivity contribution is 5.85. The number of hydrogen-bond donors (Lipinski definition) is 8. The maximum absolute atomic E-state index is 13.3. The fraction of sp³-hybridized carbons (Fsp3) is 0.905. The van der Waals surface area contributed by atoms with Gasteiger partial charge in [-0.05, 0) is 94.0 Å². The second kappa shape index (κ2) is 17.3. The highest BCUT2D eigenvalue weighted by Crippen LogP contribution is 2.69. The topological polar surface area (TPSA) is 270 Å². The number of ether oxygens (including phenoxy) is 8. The summed E-state index contributed by atoms with van der Waals surface area (Å²) >= 11 is 0. The van der Waals surface area contributed by atoms with E-state index >= 15 is 0 Å². The van der Waals surface area contributed by atoms with Crippen molar-refractivity contribution >= 4 is 12.3 Å². The van der Waals surface area contributed by atoms with Gasteiger partial charge >= 0.3 is 5.97 Å². The number of fused-ring (bicyclic) bond motifs is 5. The largest absolute Gasteiger partial charge is 0.458 e. The smallest absolute Gasteiger partial charge is 0.331 e. The van der Waals surface area contributed by atoms with Crippen molar-refractivity contribution in [1.29, 1.82) is 0 Å². The summed E-state index contributed by atoms with van der Waals surface area (Å²) in [5.41, 5.74) is -0.906. The molecule has 0 amide bonds. The minimum absolute atomic E-state index is 0.0120. The second-order valence-corrected chi connectivity index (χ2v) is 18.9. The predicted molar refractivity (Wildman–Crippen MR) is 202 cm³/mol. The molecule has 8 N–H and O–H groups in total. The van der Waals surface area contributed by atoms with Gasteiger partial charge in [-0.1, -0.05) is 6.92 Å². The third kappa shape index (κ3) is 7.42. The van der Waals surface area contributed by atoms with Crippen molar-refractivity contribution in [1.82, 2.24) is 0 Å². The van der Waals surface area contributed by atoms with Gasteiger partial charge in [0, 0.05) is 30.4 Å². The van der Waals surface area contributed by atoms with Crippen LogP contribution in [0.4, 0.5) is 0 Å². The van der Waals surface area contributed by atoms with Crippen LogP contribution >= 0.6 is 0 Å². The minimum atomic E-state index is -1.79. The number of esters is 1. The molecule has 340 valence electrons. The first-order valence-corrected chi connectivity index (χ1v) is 21.8. The highest BCUT2D eigenvalue weighted by atomic mass is 16.8. The number of methoxy groups -OCH3 is 1. The minimum Gasteiger partial charge on any atom is -0.458 e. The van der Waals surface area contributed by atoms with E-state index in [9.17, 15) is 50.4 Å². The molecular weight excluding hydrogens is 792 g/mol. The highest BCUT2D eigenvalue weighted by Gasteiger charge is 2.69. The molecule has 0 aromatic carbocycles. The van der Waals surface area contributed by atoms with E-state index in [2.05, 4.69) is 6.92 Å². The number of hydrogen-bond acceptors (Lipinski definition) is 18. The van der Waals surface area contributed by atoms with E-state index in [1.54, 1.807) is 13.0 Å². The molecule has 4 aliphatic heterocycles. The zero-order chi connectivity index (χ0) is 42.9. The molecule has 4 heterocycles. The maximum Gasteiger partial charge on any atom is 0.331 e. The van der Waals surface area contributed by atoms with Crippen molar-refractivity contribution in [3.63, 3.8) is 0 Å². The van der Waals surface area contributed by atoms with Crippen molar-refractivity contribution in [3.05, 3.63) is 11.6 Å². The van der Waals surface area contributed by atoms with Crippen LogP contribution in [0.1, 0.15) is 78.1 Å². The van der Waals surface area contributed by atoms with Crippen molar-refractivity contribution in [2.24, 2.45) is 34.5 Å². The molecule has 3 saturated heterocycles. The van der Waals surface area contributed by atoms with E-state index in [4.69, 9.17) is 37.9 Å². The van der Waals surface area contributed by atoms with Gasteiger partial charge in [0.05, 0.1) is 37.1 Å². The summed E-state index contributed by atoms with van der Waals surface area (Å²) in [6, 6.07) is 0. The Morgan fingerprint density at radius 2 is 1.48 bits per heavy atom. The van der Waals surface area contributed by atoms with Crippen molar-refractivity contribution in [2.75, 3.05) is 26.9 Å². The second-order valence-electron chi connectivity index (χ2n) is 18.9. The standard InChI is InChI=1S/C42H64O18/c1-19-36(59-39-35(51)33(49)37(28(16-44)58-39)60-38-34(50)32(48)31(47)27(15-43)57-38)26(53-3)14-30(55-19)56-22-6-10-41(18-45)21(13-22)4-5-25-24(41)7-9-40(2)23(8-11-42(25,40)52)20-12-29(46)54-17-20/h12,18-19,21-28,30-39,43-44,47-52H,4-11,13-17H2,1-3H3/t19-,21-,22+,23-,24-,25-,26-,27-,28-,30+,31-,32+,33-,34-,35-,36-,37-,38+,39+,40-,41-,42+/m1/s1. The number of rotatable bonds is 11. The molecule has 7 fully saturated rings. The molecule has 8 rings (SSSR count). The summed E-state index contributed by atoms with van der Waals surface area (Å²) in [5, 5.41) is 85.3. The lowest BCUT2D eigenvalue weighted by Crippen LogP contribution is -2.65. The van der Waals surface area contributed by atoms with E-state index in [0.29, 0.717) is 25.7 Å². The van der Waals surface area contributed by atoms with Gasteiger partial charge in [0.25, 0.3) is 0 Å². The van der Waals surface area contributed by atoms with Gasteiger partial charge in [-0.25, -0.2) is 4.79 Å². The Kier molecular flexibility index (Phi) is 13.0.